The lowest BCUT2D eigenvalue weighted by atomic mass is 10.2. The minimum Gasteiger partial charge on any atom is -0.368 e. The summed E-state index contributed by atoms with van der Waals surface area (Å²) in [7, 11) is 0. The van der Waals surface area contributed by atoms with Crippen molar-refractivity contribution in [3.8, 4) is 0 Å². The average Bonchev–Trinajstić information content (AvgIpc) is 2.62. The van der Waals surface area contributed by atoms with Gasteiger partial charge in [-0.1, -0.05) is 33.6 Å². The van der Waals surface area contributed by atoms with Gasteiger partial charge in [0.15, 0.2) is 0 Å². The Balaban J connectivity index is 1.60. The highest BCUT2D eigenvalue weighted by Gasteiger charge is 2.20. The molecule has 0 bridgehead atoms. The van der Waals surface area contributed by atoms with Gasteiger partial charge in [-0.2, -0.15) is 0 Å². The molecule has 2 aromatic carbocycles. The number of hydrogen-bond acceptors (Lipinski definition) is 2. The van der Waals surface area contributed by atoms with Crippen molar-refractivity contribution < 1.29 is 9.18 Å². The van der Waals surface area contributed by atoms with E-state index in [0.29, 0.717) is 23.7 Å². The third-order valence-corrected chi connectivity index (χ3v) is 4.86. The van der Waals surface area contributed by atoms with Crippen LogP contribution in [0.25, 0.3) is 6.08 Å². The van der Waals surface area contributed by atoms with Crippen molar-refractivity contribution in [2.45, 2.75) is 0 Å². The summed E-state index contributed by atoms with van der Waals surface area (Å²) in [5.74, 6) is -0.455. The summed E-state index contributed by atoms with van der Waals surface area (Å²) >= 11 is 9.34. The van der Waals surface area contributed by atoms with Crippen molar-refractivity contribution in [1.82, 2.24) is 4.90 Å². The van der Waals surface area contributed by atoms with Gasteiger partial charge in [-0.15, -0.1) is 0 Å². The molecule has 0 N–H and O–H groups in total. The molecule has 25 heavy (non-hydrogen) atoms. The molecule has 0 saturated carbocycles. The molecular formula is C19H17BrClFN2O. The van der Waals surface area contributed by atoms with Crippen molar-refractivity contribution in [1.29, 1.82) is 0 Å². The third-order valence-electron chi connectivity index (χ3n) is 4.13. The maximum absolute atomic E-state index is 13.7. The van der Waals surface area contributed by atoms with E-state index in [1.54, 1.807) is 17.0 Å². The van der Waals surface area contributed by atoms with Crippen LogP contribution in [0.15, 0.2) is 53.0 Å². The van der Waals surface area contributed by atoms with E-state index in [0.717, 1.165) is 23.2 Å². The van der Waals surface area contributed by atoms with Gasteiger partial charge in [0, 0.05) is 53.0 Å². The van der Waals surface area contributed by atoms with Gasteiger partial charge in [0.2, 0.25) is 5.91 Å². The van der Waals surface area contributed by atoms with E-state index in [9.17, 15) is 9.18 Å². The summed E-state index contributed by atoms with van der Waals surface area (Å²) in [4.78, 5) is 16.3. The topological polar surface area (TPSA) is 23.6 Å². The molecule has 2 aromatic rings. The molecule has 0 aliphatic carbocycles. The summed E-state index contributed by atoms with van der Waals surface area (Å²) in [5, 5.41) is 0.704. The van der Waals surface area contributed by atoms with Crippen LogP contribution < -0.4 is 4.90 Å². The van der Waals surface area contributed by atoms with Crippen molar-refractivity contribution in [3.05, 3.63) is 69.4 Å². The normalized spacial score (nSPS) is 15.0. The van der Waals surface area contributed by atoms with Crippen LogP contribution in [0.2, 0.25) is 5.02 Å². The van der Waals surface area contributed by atoms with Crippen LogP contribution >= 0.6 is 27.5 Å². The lowest BCUT2D eigenvalue weighted by Crippen LogP contribution is -2.48. The SMILES string of the molecule is O=C(/C=C/c1cc(Br)ccc1F)N1CCN(c2cccc(Cl)c2)CC1. The molecule has 1 aliphatic heterocycles. The number of piperazine rings is 1. The van der Waals surface area contributed by atoms with Crippen molar-refractivity contribution in [2.75, 3.05) is 31.1 Å². The van der Waals surface area contributed by atoms with Crippen LogP contribution in [-0.2, 0) is 4.79 Å². The molecule has 1 saturated heterocycles. The van der Waals surface area contributed by atoms with E-state index < -0.39 is 0 Å². The molecule has 0 aromatic heterocycles. The van der Waals surface area contributed by atoms with Gasteiger partial charge in [-0.3, -0.25) is 4.79 Å². The Bertz CT molecular complexity index is 804. The average molecular weight is 424 g/mol. The Morgan fingerprint density at radius 2 is 1.88 bits per heavy atom. The number of anilines is 1. The van der Waals surface area contributed by atoms with Crippen LogP contribution in [0.4, 0.5) is 10.1 Å². The molecule has 0 radical (unpaired) electrons. The van der Waals surface area contributed by atoms with E-state index in [2.05, 4.69) is 20.8 Å². The Morgan fingerprint density at radius 3 is 2.60 bits per heavy atom. The summed E-state index contributed by atoms with van der Waals surface area (Å²) in [5.41, 5.74) is 1.45. The molecule has 3 rings (SSSR count). The number of carbonyl (C=O) groups is 1. The first-order valence-corrected chi connectivity index (χ1v) is 9.12. The fraction of sp³-hybridized carbons (Fsp3) is 0.211. The summed E-state index contributed by atoms with van der Waals surface area (Å²) in [6.07, 6.45) is 2.95. The van der Waals surface area contributed by atoms with E-state index in [1.807, 2.05) is 24.3 Å². The van der Waals surface area contributed by atoms with Gasteiger partial charge in [0.05, 0.1) is 0 Å². The monoisotopic (exact) mass is 422 g/mol. The minimum absolute atomic E-state index is 0.106. The first kappa shape index (κ1) is 18.0. The summed E-state index contributed by atoms with van der Waals surface area (Å²) in [6, 6.07) is 12.4. The second-order valence-electron chi connectivity index (χ2n) is 5.79. The van der Waals surface area contributed by atoms with Crippen molar-refractivity contribution >= 4 is 45.2 Å². The Labute approximate surface area is 159 Å². The Kier molecular flexibility index (Phi) is 5.76. The molecule has 1 fully saturated rings. The standard InChI is InChI=1S/C19H17BrClFN2O/c20-15-5-6-18(22)14(12-15)4-7-19(25)24-10-8-23(9-11-24)17-3-1-2-16(21)13-17/h1-7,12-13H,8-11H2/b7-4+. The smallest absolute Gasteiger partial charge is 0.246 e. The largest absolute Gasteiger partial charge is 0.368 e. The molecule has 6 heteroatoms. The van der Waals surface area contributed by atoms with E-state index in [4.69, 9.17) is 11.6 Å². The molecule has 1 amide bonds. The molecule has 0 unspecified atom stereocenters. The maximum atomic E-state index is 13.7. The van der Waals surface area contributed by atoms with Gasteiger partial charge >= 0.3 is 0 Å². The number of amides is 1. The van der Waals surface area contributed by atoms with Crippen LogP contribution in [0.5, 0.6) is 0 Å². The minimum atomic E-state index is -0.349. The second-order valence-corrected chi connectivity index (χ2v) is 7.14. The van der Waals surface area contributed by atoms with Gasteiger partial charge in [-0.25, -0.2) is 4.39 Å². The number of rotatable bonds is 3. The van der Waals surface area contributed by atoms with Gasteiger partial charge < -0.3 is 9.80 Å². The number of hydrogen-bond donors (Lipinski definition) is 0. The number of halogens is 3. The molecule has 1 heterocycles. The van der Waals surface area contributed by atoms with Crippen LogP contribution in [-0.4, -0.2) is 37.0 Å². The number of nitrogens with zero attached hydrogens (tertiary/aromatic N) is 2. The van der Waals surface area contributed by atoms with Crippen LogP contribution in [0, 0.1) is 5.82 Å². The first-order valence-electron chi connectivity index (χ1n) is 7.95. The second kappa shape index (κ2) is 8.02. The van der Waals surface area contributed by atoms with E-state index in [1.165, 1.54) is 18.2 Å². The quantitative estimate of drug-likeness (QED) is 0.674. The van der Waals surface area contributed by atoms with E-state index in [-0.39, 0.29) is 11.7 Å². The Morgan fingerprint density at radius 1 is 1.12 bits per heavy atom. The fourth-order valence-corrected chi connectivity index (χ4v) is 3.33. The van der Waals surface area contributed by atoms with Gasteiger partial charge in [0.25, 0.3) is 0 Å². The highest BCUT2D eigenvalue weighted by Crippen LogP contribution is 2.21. The summed E-state index contributed by atoms with van der Waals surface area (Å²) < 4.78 is 14.5. The summed E-state index contributed by atoms with van der Waals surface area (Å²) in [6.45, 7) is 2.73. The predicted octanol–water partition coefficient (Wildman–Crippen LogP) is 4.60. The van der Waals surface area contributed by atoms with Crippen molar-refractivity contribution in [2.24, 2.45) is 0 Å². The number of carbonyl (C=O) groups excluding carboxylic acids is 1. The van der Waals surface area contributed by atoms with Crippen molar-refractivity contribution in [3.63, 3.8) is 0 Å². The third kappa shape index (κ3) is 4.61. The highest BCUT2D eigenvalue weighted by molar-refractivity contribution is 9.10. The molecule has 130 valence electrons. The predicted molar refractivity (Wildman–Crippen MR) is 103 cm³/mol. The molecule has 0 atom stereocenters. The maximum Gasteiger partial charge on any atom is 0.246 e. The zero-order valence-electron chi connectivity index (χ0n) is 13.5. The van der Waals surface area contributed by atoms with Crippen LogP contribution in [0.1, 0.15) is 5.56 Å². The van der Waals surface area contributed by atoms with Gasteiger partial charge in [-0.05, 0) is 42.5 Å². The fourth-order valence-electron chi connectivity index (χ4n) is 2.77. The highest BCUT2D eigenvalue weighted by atomic mass is 79.9. The lowest BCUT2D eigenvalue weighted by Gasteiger charge is -2.35. The first-order chi connectivity index (χ1) is 12.0. The molecular weight excluding hydrogens is 407 g/mol. The van der Waals surface area contributed by atoms with Crippen LogP contribution in [0.3, 0.4) is 0 Å². The molecule has 1 aliphatic rings. The zero-order valence-corrected chi connectivity index (χ0v) is 15.8. The molecule has 0 spiro atoms. The zero-order chi connectivity index (χ0) is 17.8. The van der Waals surface area contributed by atoms with E-state index >= 15 is 0 Å². The lowest BCUT2D eigenvalue weighted by molar-refractivity contribution is -0.126. The number of benzene rings is 2. The molecule has 3 nitrogen and oxygen atoms in total. The van der Waals surface area contributed by atoms with Gasteiger partial charge in [0.1, 0.15) is 5.82 Å². The Hall–Kier alpha value is -1.85.